The van der Waals surface area contributed by atoms with Gasteiger partial charge in [-0.2, -0.15) is 0 Å². The number of hydrogen-bond donors (Lipinski definition) is 2. The van der Waals surface area contributed by atoms with Gasteiger partial charge in [-0.15, -0.1) is 24.2 Å². The number of nitrogens with one attached hydrogen (secondary N) is 2. The van der Waals surface area contributed by atoms with Gasteiger partial charge in [0.25, 0.3) is 0 Å². The number of thioether (sulfide) groups is 1. The van der Waals surface area contributed by atoms with Crippen LogP contribution in [0.4, 0.5) is 0 Å². The standard InChI is InChI=1S/C17H24N2OS.ClH/c20-16(14-8-11-18-12-14)19-13-17(9-4-5-10-17)21-15-6-2-1-3-7-15;/h1-3,6-7,14,18H,4-5,8-13H2,(H,19,20);1H. The van der Waals surface area contributed by atoms with E-state index in [1.807, 2.05) is 11.8 Å². The normalized spacial score (nSPS) is 23.0. The van der Waals surface area contributed by atoms with Gasteiger partial charge in [-0.3, -0.25) is 4.79 Å². The van der Waals surface area contributed by atoms with Crippen LogP contribution in [0, 0.1) is 5.92 Å². The molecule has 1 heterocycles. The molecule has 1 unspecified atom stereocenters. The quantitative estimate of drug-likeness (QED) is 0.864. The molecule has 5 heteroatoms. The second-order valence-corrected chi connectivity index (χ2v) is 7.75. The lowest BCUT2D eigenvalue weighted by Gasteiger charge is -2.29. The summed E-state index contributed by atoms with van der Waals surface area (Å²) in [5, 5.41) is 6.49. The van der Waals surface area contributed by atoms with Crippen molar-refractivity contribution in [2.45, 2.75) is 41.7 Å². The zero-order valence-corrected chi connectivity index (χ0v) is 14.5. The largest absolute Gasteiger partial charge is 0.354 e. The SMILES string of the molecule is Cl.O=C(NCC1(Sc2ccccc2)CCCC1)C1CCNC1. The third-order valence-corrected chi connectivity index (χ3v) is 6.10. The first-order valence-electron chi connectivity index (χ1n) is 8.00. The lowest BCUT2D eigenvalue weighted by atomic mass is 10.1. The third-order valence-electron chi connectivity index (χ3n) is 4.61. The zero-order chi connectivity index (χ0) is 14.5. The van der Waals surface area contributed by atoms with E-state index in [-0.39, 0.29) is 29.0 Å². The van der Waals surface area contributed by atoms with E-state index < -0.39 is 0 Å². The van der Waals surface area contributed by atoms with Gasteiger partial charge in [0.1, 0.15) is 0 Å². The Hall–Kier alpha value is -0.710. The topological polar surface area (TPSA) is 41.1 Å². The van der Waals surface area contributed by atoms with Crippen LogP contribution in [0.15, 0.2) is 35.2 Å². The molecule has 1 saturated heterocycles. The zero-order valence-electron chi connectivity index (χ0n) is 12.8. The summed E-state index contributed by atoms with van der Waals surface area (Å²) in [5.41, 5.74) is 0. The molecule has 0 aromatic heterocycles. The first kappa shape index (κ1) is 17.6. The van der Waals surface area contributed by atoms with E-state index in [4.69, 9.17) is 0 Å². The molecule has 2 aliphatic rings. The van der Waals surface area contributed by atoms with E-state index in [2.05, 4.69) is 41.0 Å². The van der Waals surface area contributed by atoms with Crippen LogP contribution in [0.3, 0.4) is 0 Å². The fraction of sp³-hybridized carbons (Fsp3) is 0.588. The Labute approximate surface area is 143 Å². The minimum Gasteiger partial charge on any atom is -0.354 e. The van der Waals surface area contributed by atoms with Gasteiger partial charge in [0, 0.05) is 22.7 Å². The summed E-state index contributed by atoms with van der Waals surface area (Å²) in [7, 11) is 0. The second-order valence-electron chi connectivity index (χ2n) is 6.21. The molecule has 3 rings (SSSR count). The molecule has 1 aliphatic heterocycles. The molecule has 1 aliphatic carbocycles. The molecule has 1 aromatic rings. The second kappa shape index (κ2) is 8.23. The number of benzene rings is 1. The highest BCUT2D eigenvalue weighted by atomic mass is 35.5. The maximum Gasteiger partial charge on any atom is 0.224 e. The number of carbonyl (C=O) groups excluding carboxylic acids is 1. The van der Waals surface area contributed by atoms with E-state index in [1.54, 1.807) is 0 Å². The van der Waals surface area contributed by atoms with Crippen molar-refractivity contribution < 1.29 is 4.79 Å². The number of amides is 1. The summed E-state index contributed by atoms with van der Waals surface area (Å²) in [4.78, 5) is 13.6. The highest BCUT2D eigenvalue weighted by Gasteiger charge is 2.36. The predicted molar refractivity (Wildman–Crippen MR) is 94.7 cm³/mol. The summed E-state index contributed by atoms with van der Waals surface area (Å²) in [5.74, 6) is 0.408. The lowest BCUT2D eigenvalue weighted by Crippen LogP contribution is -2.41. The van der Waals surface area contributed by atoms with Gasteiger partial charge in [-0.25, -0.2) is 0 Å². The van der Waals surface area contributed by atoms with Crippen LogP contribution in [0.25, 0.3) is 0 Å². The molecule has 0 bridgehead atoms. The van der Waals surface area contributed by atoms with E-state index in [0.29, 0.717) is 0 Å². The molecule has 1 amide bonds. The van der Waals surface area contributed by atoms with Crippen molar-refractivity contribution in [3.05, 3.63) is 30.3 Å². The van der Waals surface area contributed by atoms with Gasteiger partial charge in [0.05, 0.1) is 5.92 Å². The number of rotatable bonds is 5. The first-order chi connectivity index (χ1) is 10.3. The van der Waals surface area contributed by atoms with Crippen molar-refractivity contribution in [3.63, 3.8) is 0 Å². The summed E-state index contributed by atoms with van der Waals surface area (Å²) in [6.07, 6.45) is 5.94. The van der Waals surface area contributed by atoms with Crippen LogP contribution < -0.4 is 10.6 Å². The molecule has 1 saturated carbocycles. The van der Waals surface area contributed by atoms with Gasteiger partial charge < -0.3 is 10.6 Å². The van der Waals surface area contributed by atoms with Gasteiger partial charge in [0.15, 0.2) is 0 Å². The summed E-state index contributed by atoms with van der Waals surface area (Å²) in [6, 6.07) is 10.6. The van der Waals surface area contributed by atoms with Crippen molar-refractivity contribution in [1.82, 2.24) is 10.6 Å². The molecule has 0 radical (unpaired) electrons. The average Bonchev–Trinajstić information content (AvgIpc) is 3.18. The monoisotopic (exact) mass is 340 g/mol. The van der Waals surface area contributed by atoms with Crippen LogP contribution in [0.1, 0.15) is 32.1 Å². The predicted octanol–water partition coefficient (Wildman–Crippen LogP) is 3.24. The fourth-order valence-electron chi connectivity index (χ4n) is 3.34. The molecule has 122 valence electrons. The van der Waals surface area contributed by atoms with E-state index in [1.165, 1.54) is 30.6 Å². The average molecular weight is 341 g/mol. The summed E-state index contributed by atoms with van der Waals surface area (Å²) in [6.45, 7) is 2.62. The van der Waals surface area contributed by atoms with Gasteiger partial charge >= 0.3 is 0 Å². The van der Waals surface area contributed by atoms with Crippen molar-refractivity contribution in [1.29, 1.82) is 0 Å². The Morgan fingerprint density at radius 3 is 2.64 bits per heavy atom. The minimum atomic E-state index is 0. The molecule has 1 aromatic carbocycles. The third kappa shape index (κ3) is 4.40. The highest BCUT2D eigenvalue weighted by Crippen LogP contribution is 2.44. The van der Waals surface area contributed by atoms with E-state index in [0.717, 1.165) is 26.1 Å². The van der Waals surface area contributed by atoms with Crippen molar-refractivity contribution in [2.24, 2.45) is 5.92 Å². The molecule has 2 fully saturated rings. The Kier molecular flexibility index (Phi) is 6.60. The van der Waals surface area contributed by atoms with Crippen LogP contribution in [-0.4, -0.2) is 30.3 Å². The highest BCUT2D eigenvalue weighted by molar-refractivity contribution is 8.00. The molecule has 2 N–H and O–H groups in total. The number of carbonyl (C=O) groups is 1. The van der Waals surface area contributed by atoms with Crippen molar-refractivity contribution in [2.75, 3.05) is 19.6 Å². The number of hydrogen-bond acceptors (Lipinski definition) is 3. The molecule has 3 nitrogen and oxygen atoms in total. The van der Waals surface area contributed by atoms with Gasteiger partial charge in [-0.05, 0) is 37.9 Å². The van der Waals surface area contributed by atoms with E-state index >= 15 is 0 Å². The summed E-state index contributed by atoms with van der Waals surface area (Å²) < 4.78 is 0.197. The van der Waals surface area contributed by atoms with Crippen LogP contribution in [-0.2, 0) is 4.79 Å². The van der Waals surface area contributed by atoms with Gasteiger partial charge in [0.2, 0.25) is 5.91 Å². The Bertz CT molecular complexity index is 471. The van der Waals surface area contributed by atoms with Crippen LogP contribution >= 0.6 is 24.2 Å². The van der Waals surface area contributed by atoms with Crippen LogP contribution in [0.2, 0.25) is 0 Å². The summed E-state index contributed by atoms with van der Waals surface area (Å²) >= 11 is 1.95. The minimum absolute atomic E-state index is 0. The Morgan fingerprint density at radius 1 is 1.27 bits per heavy atom. The maximum atomic E-state index is 12.2. The van der Waals surface area contributed by atoms with Crippen molar-refractivity contribution in [3.8, 4) is 0 Å². The Balaban J connectivity index is 0.00000176. The smallest absolute Gasteiger partial charge is 0.224 e. The number of halogens is 1. The molecular formula is C17H25ClN2OS. The van der Waals surface area contributed by atoms with Crippen LogP contribution in [0.5, 0.6) is 0 Å². The molecule has 22 heavy (non-hydrogen) atoms. The first-order valence-corrected chi connectivity index (χ1v) is 8.82. The van der Waals surface area contributed by atoms with Gasteiger partial charge in [-0.1, -0.05) is 31.0 Å². The Morgan fingerprint density at radius 2 is 2.00 bits per heavy atom. The fourth-order valence-corrected chi connectivity index (χ4v) is 4.77. The lowest BCUT2D eigenvalue weighted by molar-refractivity contribution is -0.124. The molecular weight excluding hydrogens is 316 g/mol. The molecule has 0 spiro atoms. The maximum absolute atomic E-state index is 12.2. The molecule has 1 atom stereocenters. The van der Waals surface area contributed by atoms with Crippen molar-refractivity contribution >= 4 is 30.1 Å². The van der Waals surface area contributed by atoms with E-state index in [9.17, 15) is 4.79 Å².